The number of halogens is 3. The van der Waals surface area contributed by atoms with Gasteiger partial charge in [-0.3, -0.25) is 4.79 Å². The molecular formula is C12H15F3N2O4S. The van der Waals surface area contributed by atoms with Crippen molar-refractivity contribution < 1.29 is 31.1 Å². The van der Waals surface area contributed by atoms with Crippen molar-refractivity contribution in [3.05, 3.63) is 35.6 Å². The first kappa shape index (κ1) is 18.4. The van der Waals surface area contributed by atoms with Gasteiger partial charge in [-0.15, -0.1) is 0 Å². The van der Waals surface area contributed by atoms with Gasteiger partial charge in [0, 0.05) is 6.54 Å². The number of nitrogens with one attached hydrogen (secondary N) is 2. The summed E-state index contributed by atoms with van der Waals surface area (Å²) >= 11 is 0. The second kappa shape index (κ2) is 8.11. The highest BCUT2D eigenvalue weighted by Gasteiger charge is 2.23. The van der Waals surface area contributed by atoms with Gasteiger partial charge >= 0.3 is 6.61 Å². The van der Waals surface area contributed by atoms with Gasteiger partial charge in [0.15, 0.2) is 0 Å². The van der Waals surface area contributed by atoms with E-state index in [2.05, 4.69) is 10.1 Å². The van der Waals surface area contributed by atoms with Gasteiger partial charge in [0.05, 0.1) is 12.9 Å². The van der Waals surface area contributed by atoms with Gasteiger partial charge in [-0.25, -0.2) is 17.5 Å². The third-order valence-corrected chi connectivity index (χ3v) is 3.15. The van der Waals surface area contributed by atoms with Crippen molar-refractivity contribution in [2.45, 2.75) is 19.2 Å². The summed E-state index contributed by atoms with van der Waals surface area (Å²) in [4.78, 5) is 11.8. The third kappa shape index (κ3) is 7.38. The Morgan fingerprint density at radius 3 is 2.36 bits per heavy atom. The van der Waals surface area contributed by atoms with Crippen molar-refractivity contribution in [2.24, 2.45) is 0 Å². The lowest BCUT2D eigenvalue weighted by Gasteiger charge is -2.17. The minimum Gasteiger partial charge on any atom is -0.351 e. The van der Waals surface area contributed by atoms with E-state index in [-0.39, 0.29) is 6.54 Å². The SMILES string of the molecule is CS(=O)(=O)N[C@H](COC(F)F)C(=O)NCc1ccc(F)cc1. The number of rotatable bonds is 8. The highest BCUT2D eigenvalue weighted by molar-refractivity contribution is 7.88. The van der Waals surface area contributed by atoms with Crippen LogP contribution in [0.1, 0.15) is 5.56 Å². The maximum atomic E-state index is 12.7. The number of hydrogen-bond acceptors (Lipinski definition) is 4. The molecule has 0 saturated heterocycles. The molecular weight excluding hydrogens is 325 g/mol. The predicted octanol–water partition coefficient (Wildman–Crippen LogP) is 0.599. The lowest BCUT2D eigenvalue weighted by atomic mass is 10.2. The molecule has 1 aromatic rings. The molecule has 1 aromatic carbocycles. The van der Waals surface area contributed by atoms with E-state index < -0.39 is 41.0 Å². The summed E-state index contributed by atoms with van der Waals surface area (Å²) in [6.45, 7) is -3.97. The van der Waals surface area contributed by atoms with Crippen LogP contribution in [0.2, 0.25) is 0 Å². The Balaban J connectivity index is 2.63. The molecule has 0 aromatic heterocycles. The summed E-state index contributed by atoms with van der Waals surface area (Å²) < 4.78 is 64.9. The lowest BCUT2D eigenvalue weighted by molar-refractivity contribution is -0.142. The molecule has 0 heterocycles. The first-order valence-corrected chi connectivity index (χ1v) is 7.96. The van der Waals surface area contributed by atoms with Crippen molar-refractivity contribution in [1.82, 2.24) is 10.0 Å². The molecule has 0 bridgehead atoms. The molecule has 2 N–H and O–H groups in total. The number of carbonyl (C=O) groups is 1. The summed E-state index contributed by atoms with van der Waals surface area (Å²) in [5.74, 6) is -1.28. The average Bonchev–Trinajstić information content (AvgIpc) is 2.41. The predicted molar refractivity (Wildman–Crippen MR) is 72.0 cm³/mol. The van der Waals surface area contributed by atoms with Crippen LogP contribution in [0.4, 0.5) is 13.2 Å². The van der Waals surface area contributed by atoms with Crippen molar-refractivity contribution >= 4 is 15.9 Å². The molecule has 0 aliphatic rings. The Morgan fingerprint density at radius 1 is 1.27 bits per heavy atom. The number of benzene rings is 1. The molecule has 0 spiro atoms. The van der Waals surface area contributed by atoms with Crippen LogP contribution in [0.3, 0.4) is 0 Å². The summed E-state index contributed by atoms with van der Waals surface area (Å²) in [7, 11) is -3.79. The van der Waals surface area contributed by atoms with E-state index in [1.165, 1.54) is 24.3 Å². The number of alkyl halides is 2. The van der Waals surface area contributed by atoms with Crippen LogP contribution in [0.15, 0.2) is 24.3 Å². The van der Waals surface area contributed by atoms with Gasteiger partial charge in [-0.05, 0) is 17.7 Å². The van der Waals surface area contributed by atoms with Crippen LogP contribution in [-0.2, 0) is 26.1 Å². The van der Waals surface area contributed by atoms with E-state index in [4.69, 9.17) is 0 Å². The van der Waals surface area contributed by atoms with Crippen molar-refractivity contribution in [3.63, 3.8) is 0 Å². The summed E-state index contributed by atoms with van der Waals surface area (Å²) in [6, 6.07) is 3.72. The standard InChI is InChI=1S/C12H15F3N2O4S/c1-22(19,20)17-10(7-21-12(14)15)11(18)16-6-8-2-4-9(13)5-3-8/h2-5,10,12,17H,6-7H2,1H3,(H,16,18)/t10-/m1/s1. The molecule has 0 radical (unpaired) electrons. The second-order valence-electron chi connectivity index (χ2n) is 4.38. The maximum absolute atomic E-state index is 12.7. The van der Waals surface area contributed by atoms with Crippen LogP contribution in [0.25, 0.3) is 0 Å². The molecule has 0 saturated carbocycles. The van der Waals surface area contributed by atoms with Gasteiger partial charge in [0.25, 0.3) is 0 Å². The topological polar surface area (TPSA) is 84.5 Å². The van der Waals surface area contributed by atoms with Crippen molar-refractivity contribution in [2.75, 3.05) is 12.9 Å². The number of carbonyl (C=O) groups excluding carboxylic acids is 1. The second-order valence-corrected chi connectivity index (χ2v) is 6.16. The van der Waals surface area contributed by atoms with E-state index in [0.717, 1.165) is 6.26 Å². The van der Waals surface area contributed by atoms with E-state index >= 15 is 0 Å². The Morgan fingerprint density at radius 2 is 1.86 bits per heavy atom. The van der Waals surface area contributed by atoms with Gasteiger partial charge in [0.1, 0.15) is 11.9 Å². The first-order valence-electron chi connectivity index (χ1n) is 6.06. The Labute approximate surface area is 125 Å². The molecule has 22 heavy (non-hydrogen) atoms. The zero-order valence-electron chi connectivity index (χ0n) is 11.6. The molecule has 6 nitrogen and oxygen atoms in total. The smallest absolute Gasteiger partial charge is 0.345 e. The van der Waals surface area contributed by atoms with Crippen LogP contribution >= 0.6 is 0 Å². The monoisotopic (exact) mass is 340 g/mol. The number of ether oxygens (including phenoxy) is 1. The fourth-order valence-electron chi connectivity index (χ4n) is 1.51. The lowest BCUT2D eigenvalue weighted by Crippen LogP contribution is -2.49. The Bertz CT molecular complexity index is 593. The van der Waals surface area contributed by atoms with Crippen LogP contribution in [-0.4, -0.2) is 39.8 Å². The first-order chi connectivity index (χ1) is 10.2. The fourth-order valence-corrected chi connectivity index (χ4v) is 2.20. The number of hydrogen-bond donors (Lipinski definition) is 2. The average molecular weight is 340 g/mol. The summed E-state index contributed by atoms with van der Waals surface area (Å²) in [5.41, 5.74) is 0.558. The molecule has 0 aliphatic carbocycles. The van der Waals surface area contributed by atoms with E-state index in [0.29, 0.717) is 5.56 Å². The van der Waals surface area contributed by atoms with Gasteiger partial charge in [-0.2, -0.15) is 8.78 Å². The van der Waals surface area contributed by atoms with Crippen LogP contribution < -0.4 is 10.0 Å². The molecule has 1 amide bonds. The zero-order chi connectivity index (χ0) is 16.8. The molecule has 124 valence electrons. The Kier molecular flexibility index (Phi) is 6.78. The number of sulfonamides is 1. The van der Waals surface area contributed by atoms with Gasteiger partial charge < -0.3 is 10.1 Å². The van der Waals surface area contributed by atoms with E-state index in [9.17, 15) is 26.4 Å². The zero-order valence-corrected chi connectivity index (χ0v) is 12.4. The minimum atomic E-state index is -3.79. The van der Waals surface area contributed by atoms with E-state index in [1.54, 1.807) is 0 Å². The molecule has 1 atom stereocenters. The van der Waals surface area contributed by atoms with Gasteiger partial charge in [0.2, 0.25) is 15.9 Å². The molecule has 0 fully saturated rings. The number of amides is 1. The normalized spacial score (nSPS) is 13.1. The largest absolute Gasteiger partial charge is 0.351 e. The van der Waals surface area contributed by atoms with Crippen molar-refractivity contribution in [1.29, 1.82) is 0 Å². The quantitative estimate of drug-likeness (QED) is 0.726. The maximum Gasteiger partial charge on any atom is 0.345 e. The summed E-state index contributed by atoms with van der Waals surface area (Å²) in [6.07, 6.45) is 0.787. The highest BCUT2D eigenvalue weighted by atomic mass is 32.2. The molecule has 0 unspecified atom stereocenters. The Hall–Kier alpha value is -1.65. The summed E-state index contributed by atoms with van der Waals surface area (Å²) in [5, 5.41) is 2.35. The molecule has 0 aliphatic heterocycles. The van der Waals surface area contributed by atoms with Crippen molar-refractivity contribution in [3.8, 4) is 0 Å². The van der Waals surface area contributed by atoms with Gasteiger partial charge in [-0.1, -0.05) is 12.1 Å². The van der Waals surface area contributed by atoms with E-state index in [1.807, 2.05) is 4.72 Å². The highest BCUT2D eigenvalue weighted by Crippen LogP contribution is 2.03. The fraction of sp³-hybridized carbons (Fsp3) is 0.417. The molecule has 1 rings (SSSR count). The van der Waals surface area contributed by atoms with Crippen LogP contribution in [0, 0.1) is 5.82 Å². The molecule has 10 heteroatoms. The third-order valence-electron chi connectivity index (χ3n) is 2.44. The van der Waals surface area contributed by atoms with Crippen LogP contribution in [0.5, 0.6) is 0 Å². The minimum absolute atomic E-state index is 0.0181.